The number of benzene rings is 2. The Morgan fingerprint density at radius 1 is 0.962 bits per heavy atom. The van der Waals surface area contributed by atoms with Crippen molar-refractivity contribution in [2.24, 2.45) is 0 Å². The highest BCUT2D eigenvalue weighted by Crippen LogP contribution is 2.17. The van der Waals surface area contributed by atoms with Crippen molar-refractivity contribution in [2.75, 3.05) is 11.9 Å². The van der Waals surface area contributed by atoms with Gasteiger partial charge in [-0.15, -0.1) is 11.3 Å². The summed E-state index contributed by atoms with van der Waals surface area (Å²) < 4.78 is 0. The molecule has 0 fully saturated rings. The van der Waals surface area contributed by atoms with Gasteiger partial charge in [-0.3, -0.25) is 14.9 Å². The van der Waals surface area contributed by atoms with Crippen molar-refractivity contribution in [3.05, 3.63) is 82.9 Å². The number of thiazole rings is 1. The number of carbonyl (C=O) groups is 2. The minimum Gasteiger partial charge on any atom is -0.355 e. The van der Waals surface area contributed by atoms with Crippen LogP contribution >= 0.6 is 11.3 Å². The zero-order valence-corrected chi connectivity index (χ0v) is 15.0. The number of aromatic nitrogens is 1. The van der Waals surface area contributed by atoms with Crippen LogP contribution in [0.15, 0.2) is 66.0 Å². The van der Waals surface area contributed by atoms with Crippen molar-refractivity contribution in [3.8, 4) is 0 Å². The van der Waals surface area contributed by atoms with E-state index in [1.807, 2.05) is 48.5 Å². The van der Waals surface area contributed by atoms with Crippen LogP contribution in [-0.2, 0) is 17.6 Å². The fourth-order valence-corrected chi connectivity index (χ4v) is 3.13. The molecule has 2 N–H and O–H groups in total. The van der Waals surface area contributed by atoms with Gasteiger partial charge in [0.15, 0.2) is 5.13 Å². The highest BCUT2D eigenvalue weighted by Gasteiger charge is 2.11. The molecule has 0 spiro atoms. The Morgan fingerprint density at radius 2 is 1.65 bits per heavy atom. The van der Waals surface area contributed by atoms with Crippen molar-refractivity contribution in [2.45, 2.75) is 12.8 Å². The fourth-order valence-electron chi connectivity index (χ4n) is 2.42. The highest BCUT2D eigenvalue weighted by molar-refractivity contribution is 7.14. The first kappa shape index (κ1) is 17.8. The van der Waals surface area contributed by atoms with Gasteiger partial charge in [-0.05, 0) is 24.1 Å². The molecule has 26 heavy (non-hydrogen) atoms. The monoisotopic (exact) mass is 365 g/mol. The molecule has 6 heteroatoms. The molecule has 2 amide bonds. The summed E-state index contributed by atoms with van der Waals surface area (Å²) in [6.07, 6.45) is 0.995. The van der Waals surface area contributed by atoms with Crippen LogP contribution in [0.2, 0.25) is 0 Å². The molecule has 0 atom stereocenters. The quantitative estimate of drug-likeness (QED) is 0.675. The normalized spacial score (nSPS) is 10.3. The second-order valence-electron chi connectivity index (χ2n) is 5.73. The first-order valence-corrected chi connectivity index (χ1v) is 9.20. The maximum absolute atomic E-state index is 12.1. The summed E-state index contributed by atoms with van der Waals surface area (Å²) in [5.74, 6) is -0.286. The van der Waals surface area contributed by atoms with Gasteiger partial charge in [-0.1, -0.05) is 48.5 Å². The van der Waals surface area contributed by atoms with Gasteiger partial charge in [0.25, 0.3) is 5.91 Å². The van der Waals surface area contributed by atoms with Crippen LogP contribution in [0.1, 0.15) is 21.6 Å². The number of hydrogen-bond donors (Lipinski definition) is 2. The topological polar surface area (TPSA) is 71.1 Å². The van der Waals surface area contributed by atoms with E-state index < -0.39 is 0 Å². The van der Waals surface area contributed by atoms with E-state index in [0.29, 0.717) is 22.9 Å². The highest BCUT2D eigenvalue weighted by atomic mass is 32.1. The third-order valence-electron chi connectivity index (χ3n) is 3.73. The Bertz CT molecular complexity index is 863. The lowest BCUT2D eigenvalue weighted by Crippen LogP contribution is -2.27. The van der Waals surface area contributed by atoms with E-state index in [2.05, 4.69) is 15.6 Å². The van der Waals surface area contributed by atoms with E-state index in [1.165, 1.54) is 16.9 Å². The summed E-state index contributed by atoms with van der Waals surface area (Å²) >= 11 is 1.31. The van der Waals surface area contributed by atoms with Gasteiger partial charge in [0.05, 0.1) is 12.1 Å². The molecular formula is C20H19N3O2S. The third-order valence-corrected chi connectivity index (χ3v) is 4.54. The molecule has 3 aromatic rings. The SMILES string of the molecule is O=C(Cc1csc(NC(=O)c2ccccc2)n1)NCCc1ccccc1. The lowest BCUT2D eigenvalue weighted by atomic mass is 10.1. The molecule has 2 aromatic carbocycles. The van der Waals surface area contributed by atoms with Gasteiger partial charge in [-0.2, -0.15) is 0 Å². The van der Waals surface area contributed by atoms with Crippen molar-refractivity contribution in [3.63, 3.8) is 0 Å². The smallest absolute Gasteiger partial charge is 0.257 e. The number of amides is 2. The lowest BCUT2D eigenvalue weighted by Gasteiger charge is -2.04. The third kappa shape index (κ3) is 5.26. The first-order chi connectivity index (χ1) is 12.7. The summed E-state index contributed by atoms with van der Waals surface area (Å²) in [6, 6.07) is 19.0. The molecule has 0 unspecified atom stereocenters. The van der Waals surface area contributed by atoms with E-state index in [9.17, 15) is 9.59 Å². The second kappa shape index (κ2) is 8.92. The molecule has 1 aromatic heterocycles. The van der Waals surface area contributed by atoms with Crippen LogP contribution in [0.25, 0.3) is 0 Å². The van der Waals surface area contributed by atoms with E-state index in [4.69, 9.17) is 0 Å². The zero-order chi connectivity index (χ0) is 18.2. The fraction of sp³-hybridized carbons (Fsp3) is 0.150. The molecule has 0 aliphatic heterocycles. The van der Waals surface area contributed by atoms with E-state index in [-0.39, 0.29) is 18.2 Å². The predicted molar refractivity (Wildman–Crippen MR) is 103 cm³/mol. The Balaban J connectivity index is 1.45. The minimum atomic E-state index is -0.209. The van der Waals surface area contributed by atoms with Crippen molar-refractivity contribution < 1.29 is 9.59 Å². The van der Waals surface area contributed by atoms with Gasteiger partial charge in [0, 0.05) is 17.5 Å². The number of nitrogens with one attached hydrogen (secondary N) is 2. The van der Waals surface area contributed by atoms with Crippen molar-refractivity contribution in [1.29, 1.82) is 0 Å². The maximum atomic E-state index is 12.1. The van der Waals surface area contributed by atoms with Crippen molar-refractivity contribution in [1.82, 2.24) is 10.3 Å². The van der Waals surface area contributed by atoms with Crippen molar-refractivity contribution >= 4 is 28.3 Å². The van der Waals surface area contributed by atoms with Crippen LogP contribution in [0.5, 0.6) is 0 Å². The minimum absolute atomic E-state index is 0.0767. The van der Waals surface area contributed by atoms with Crippen LogP contribution < -0.4 is 10.6 Å². The summed E-state index contributed by atoms with van der Waals surface area (Å²) in [7, 11) is 0. The standard InChI is InChI=1S/C20H19N3O2S/c24-18(21-12-11-15-7-3-1-4-8-15)13-17-14-26-20(22-17)23-19(25)16-9-5-2-6-10-16/h1-10,14H,11-13H2,(H,21,24)(H,22,23,25). The summed E-state index contributed by atoms with van der Waals surface area (Å²) in [5.41, 5.74) is 2.41. The summed E-state index contributed by atoms with van der Waals surface area (Å²) in [5, 5.41) is 7.93. The van der Waals surface area contributed by atoms with Gasteiger partial charge < -0.3 is 5.32 Å². The molecule has 0 aliphatic rings. The second-order valence-corrected chi connectivity index (χ2v) is 6.58. The molecule has 0 saturated carbocycles. The summed E-state index contributed by atoms with van der Waals surface area (Å²) in [6.45, 7) is 0.588. The van der Waals surface area contributed by atoms with E-state index >= 15 is 0 Å². The van der Waals surface area contributed by atoms with Crippen LogP contribution in [-0.4, -0.2) is 23.3 Å². The molecular weight excluding hydrogens is 346 g/mol. The Morgan fingerprint density at radius 3 is 2.38 bits per heavy atom. The summed E-state index contributed by atoms with van der Waals surface area (Å²) in [4.78, 5) is 28.4. The molecule has 0 radical (unpaired) electrons. The zero-order valence-electron chi connectivity index (χ0n) is 14.1. The van der Waals surface area contributed by atoms with Crippen LogP contribution in [0.3, 0.4) is 0 Å². The average molecular weight is 365 g/mol. The predicted octanol–water partition coefficient (Wildman–Crippen LogP) is 3.30. The Hall–Kier alpha value is -2.99. The van der Waals surface area contributed by atoms with Gasteiger partial charge in [0.2, 0.25) is 5.91 Å². The molecule has 0 bridgehead atoms. The Kier molecular flexibility index (Phi) is 6.11. The van der Waals surface area contributed by atoms with Crippen LogP contribution in [0.4, 0.5) is 5.13 Å². The molecule has 0 saturated heterocycles. The largest absolute Gasteiger partial charge is 0.355 e. The molecule has 0 aliphatic carbocycles. The number of nitrogens with zero attached hydrogens (tertiary/aromatic N) is 1. The number of rotatable bonds is 7. The number of anilines is 1. The van der Waals surface area contributed by atoms with E-state index in [0.717, 1.165) is 6.42 Å². The lowest BCUT2D eigenvalue weighted by molar-refractivity contribution is -0.120. The molecule has 3 rings (SSSR count). The van der Waals surface area contributed by atoms with Crippen LogP contribution in [0, 0.1) is 0 Å². The number of hydrogen-bond acceptors (Lipinski definition) is 4. The first-order valence-electron chi connectivity index (χ1n) is 8.32. The van der Waals surface area contributed by atoms with Gasteiger partial charge in [0.1, 0.15) is 0 Å². The number of carbonyl (C=O) groups excluding carboxylic acids is 2. The van der Waals surface area contributed by atoms with Gasteiger partial charge >= 0.3 is 0 Å². The average Bonchev–Trinajstić information content (AvgIpc) is 3.10. The molecule has 1 heterocycles. The van der Waals surface area contributed by atoms with E-state index in [1.54, 1.807) is 17.5 Å². The molecule has 5 nitrogen and oxygen atoms in total. The molecule has 132 valence electrons. The Labute approximate surface area is 156 Å². The van der Waals surface area contributed by atoms with Gasteiger partial charge in [-0.25, -0.2) is 4.98 Å². The maximum Gasteiger partial charge on any atom is 0.257 e.